The standard InChI is InChI=1S/C25H32FN3O4S/c1-2-11-27-25(31)28(15-18-6-5-13-32-18)16-24(30)29-12-9-23-19(10-14-34-23)21(29)17-33-22-8-4-3-7-20(22)26/h3-4,7-8,10,14,18,21H,2,5-6,9,11-13,15-17H2,1H3,(H,27,31)/t18-,21-/m0/s1. The van der Waals surface area contributed by atoms with E-state index in [1.165, 1.54) is 10.9 Å². The van der Waals surface area contributed by atoms with E-state index in [1.807, 2.05) is 18.4 Å². The lowest BCUT2D eigenvalue weighted by Crippen LogP contribution is -2.51. The van der Waals surface area contributed by atoms with Gasteiger partial charge < -0.3 is 24.6 Å². The van der Waals surface area contributed by atoms with E-state index >= 15 is 0 Å². The first-order valence-corrected chi connectivity index (χ1v) is 12.8. The van der Waals surface area contributed by atoms with Crippen molar-refractivity contribution in [1.29, 1.82) is 0 Å². The molecule has 0 spiro atoms. The molecule has 2 aliphatic rings. The fraction of sp³-hybridized carbons (Fsp3) is 0.520. The van der Waals surface area contributed by atoms with Crippen LogP contribution in [0.4, 0.5) is 9.18 Å². The van der Waals surface area contributed by atoms with Gasteiger partial charge in [0.15, 0.2) is 11.6 Å². The highest BCUT2D eigenvalue weighted by Gasteiger charge is 2.34. The number of nitrogens with one attached hydrogen (secondary N) is 1. The van der Waals surface area contributed by atoms with Crippen LogP contribution in [0.2, 0.25) is 0 Å². The van der Waals surface area contributed by atoms with E-state index in [4.69, 9.17) is 9.47 Å². The van der Waals surface area contributed by atoms with Gasteiger partial charge in [-0.3, -0.25) is 4.79 Å². The summed E-state index contributed by atoms with van der Waals surface area (Å²) in [6, 6.07) is 7.68. The highest BCUT2D eigenvalue weighted by Crippen LogP contribution is 2.34. The molecule has 7 nitrogen and oxygen atoms in total. The molecule has 9 heteroatoms. The highest BCUT2D eigenvalue weighted by atomic mass is 32.1. The molecule has 1 aromatic heterocycles. The van der Waals surface area contributed by atoms with Gasteiger partial charge in [-0.1, -0.05) is 19.1 Å². The van der Waals surface area contributed by atoms with Crippen molar-refractivity contribution in [3.05, 3.63) is 52.0 Å². The second-order valence-electron chi connectivity index (χ2n) is 8.64. The normalized spacial score (nSPS) is 19.5. The first-order valence-electron chi connectivity index (χ1n) is 11.9. The van der Waals surface area contributed by atoms with Gasteiger partial charge in [0, 0.05) is 31.1 Å². The van der Waals surface area contributed by atoms with Gasteiger partial charge in [-0.05, 0) is 54.8 Å². The van der Waals surface area contributed by atoms with Crippen LogP contribution in [-0.2, 0) is 16.0 Å². The summed E-state index contributed by atoms with van der Waals surface area (Å²) in [5, 5.41) is 4.90. The van der Waals surface area contributed by atoms with Gasteiger partial charge in [0.1, 0.15) is 13.2 Å². The highest BCUT2D eigenvalue weighted by molar-refractivity contribution is 7.10. The number of carbonyl (C=O) groups is 2. The minimum absolute atomic E-state index is 0.0366. The molecule has 0 radical (unpaired) electrons. The minimum Gasteiger partial charge on any atom is -0.488 e. The zero-order chi connectivity index (χ0) is 23.9. The molecule has 0 unspecified atom stereocenters. The SMILES string of the molecule is CCCNC(=O)N(CC(=O)N1CCc2sccc2[C@@H]1COc1ccccc1F)C[C@@H]1CCCO1. The Kier molecular flexibility index (Phi) is 8.39. The van der Waals surface area contributed by atoms with Gasteiger partial charge in [0.05, 0.1) is 12.1 Å². The molecular formula is C25H32FN3O4S. The van der Waals surface area contributed by atoms with Crippen molar-refractivity contribution >= 4 is 23.3 Å². The second-order valence-corrected chi connectivity index (χ2v) is 9.64. The monoisotopic (exact) mass is 489 g/mol. The van der Waals surface area contributed by atoms with Crippen molar-refractivity contribution in [2.45, 2.75) is 44.8 Å². The third-order valence-electron chi connectivity index (χ3n) is 6.24. The predicted molar refractivity (Wildman–Crippen MR) is 129 cm³/mol. The molecule has 1 saturated heterocycles. The molecule has 1 fully saturated rings. The average molecular weight is 490 g/mol. The first kappa shape index (κ1) is 24.5. The van der Waals surface area contributed by atoms with Crippen LogP contribution in [0.5, 0.6) is 5.75 Å². The van der Waals surface area contributed by atoms with Crippen LogP contribution in [0.15, 0.2) is 35.7 Å². The van der Waals surface area contributed by atoms with Gasteiger partial charge in [-0.25, -0.2) is 9.18 Å². The average Bonchev–Trinajstić information content (AvgIpc) is 3.53. The van der Waals surface area contributed by atoms with Crippen LogP contribution in [0.1, 0.15) is 42.7 Å². The molecule has 2 atom stereocenters. The maximum absolute atomic E-state index is 14.1. The summed E-state index contributed by atoms with van der Waals surface area (Å²) >= 11 is 1.66. The van der Waals surface area contributed by atoms with Crippen molar-refractivity contribution < 1.29 is 23.5 Å². The molecule has 0 bridgehead atoms. The van der Waals surface area contributed by atoms with E-state index in [0.717, 1.165) is 31.2 Å². The van der Waals surface area contributed by atoms with Crippen molar-refractivity contribution in [3.8, 4) is 5.75 Å². The summed E-state index contributed by atoms with van der Waals surface area (Å²) in [6.45, 7) is 4.25. The largest absolute Gasteiger partial charge is 0.488 e. The molecule has 1 N–H and O–H groups in total. The van der Waals surface area contributed by atoms with Gasteiger partial charge in [-0.2, -0.15) is 0 Å². The Balaban J connectivity index is 1.48. The summed E-state index contributed by atoms with van der Waals surface area (Å²) in [6.07, 6.45) is 3.36. The quantitative estimate of drug-likeness (QED) is 0.578. The lowest BCUT2D eigenvalue weighted by molar-refractivity contribution is -0.135. The number of ether oxygens (including phenoxy) is 2. The number of halogens is 1. The number of amides is 3. The molecule has 4 rings (SSSR count). The summed E-state index contributed by atoms with van der Waals surface area (Å²) < 4.78 is 25.7. The lowest BCUT2D eigenvalue weighted by atomic mass is 10.0. The Morgan fingerprint density at radius 3 is 2.94 bits per heavy atom. The fourth-order valence-electron chi connectivity index (χ4n) is 4.46. The lowest BCUT2D eigenvalue weighted by Gasteiger charge is -2.37. The molecule has 0 saturated carbocycles. The van der Waals surface area contributed by atoms with E-state index in [2.05, 4.69) is 5.32 Å². The Labute approximate surface area is 203 Å². The second kappa shape index (κ2) is 11.7. The van der Waals surface area contributed by atoms with Crippen molar-refractivity contribution in [2.75, 3.05) is 39.4 Å². The number of nitrogens with zero attached hydrogens (tertiary/aromatic N) is 2. The first-order chi connectivity index (χ1) is 16.6. The van der Waals surface area contributed by atoms with Crippen molar-refractivity contribution in [1.82, 2.24) is 15.1 Å². The summed E-state index contributed by atoms with van der Waals surface area (Å²) in [5.74, 6) is -0.420. The molecular weight excluding hydrogens is 457 g/mol. The van der Waals surface area contributed by atoms with Crippen LogP contribution in [0.3, 0.4) is 0 Å². The molecule has 184 valence electrons. The number of thiophene rings is 1. The fourth-order valence-corrected chi connectivity index (χ4v) is 5.38. The van der Waals surface area contributed by atoms with Crippen LogP contribution in [0.25, 0.3) is 0 Å². The Morgan fingerprint density at radius 2 is 2.18 bits per heavy atom. The summed E-state index contributed by atoms with van der Waals surface area (Å²) in [4.78, 5) is 30.9. The molecule has 2 aromatic rings. The number of hydrogen-bond donors (Lipinski definition) is 1. The Bertz CT molecular complexity index is 979. The molecule has 3 heterocycles. The van der Waals surface area contributed by atoms with Gasteiger partial charge in [0.2, 0.25) is 5.91 Å². The number of para-hydroxylation sites is 1. The maximum atomic E-state index is 14.1. The molecule has 0 aliphatic carbocycles. The van der Waals surface area contributed by atoms with Crippen molar-refractivity contribution in [2.24, 2.45) is 0 Å². The van der Waals surface area contributed by atoms with Crippen molar-refractivity contribution in [3.63, 3.8) is 0 Å². The molecule has 34 heavy (non-hydrogen) atoms. The number of benzene rings is 1. The third-order valence-corrected chi connectivity index (χ3v) is 7.23. The number of hydrogen-bond acceptors (Lipinski definition) is 5. The topological polar surface area (TPSA) is 71.1 Å². The Morgan fingerprint density at radius 1 is 1.32 bits per heavy atom. The van der Waals surface area contributed by atoms with Crippen LogP contribution >= 0.6 is 11.3 Å². The van der Waals surface area contributed by atoms with E-state index in [1.54, 1.807) is 39.3 Å². The number of carbonyl (C=O) groups excluding carboxylic acids is 2. The summed E-state index contributed by atoms with van der Waals surface area (Å²) in [5.41, 5.74) is 1.03. The van der Waals surface area contributed by atoms with Crippen LogP contribution in [-0.4, -0.2) is 67.2 Å². The number of urea groups is 1. The van der Waals surface area contributed by atoms with E-state index in [0.29, 0.717) is 26.2 Å². The van der Waals surface area contributed by atoms with Gasteiger partial charge >= 0.3 is 6.03 Å². The van der Waals surface area contributed by atoms with E-state index in [9.17, 15) is 14.0 Å². The minimum atomic E-state index is -0.433. The molecule has 3 amide bonds. The van der Waals surface area contributed by atoms with Gasteiger partial charge in [-0.15, -0.1) is 11.3 Å². The van der Waals surface area contributed by atoms with Gasteiger partial charge in [0.25, 0.3) is 0 Å². The Hall–Kier alpha value is -2.65. The van der Waals surface area contributed by atoms with Crippen LogP contribution in [0, 0.1) is 5.82 Å². The third kappa shape index (κ3) is 5.88. The zero-order valence-corrected chi connectivity index (χ0v) is 20.3. The van der Waals surface area contributed by atoms with E-state index in [-0.39, 0.29) is 43.0 Å². The number of fused-ring (bicyclic) bond motifs is 1. The maximum Gasteiger partial charge on any atom is 0.317 e. The summed E-state index contributed by atoms with van der Waals surface area (Å²) in [7, 11) is 0. The van der Waals surface area contributed by atoms with Crippen LogP contribution < -0.4 is 10.1 Å². The predicted octanol–water partition coefficient (Wildman–Crippen LogP) is 3.99. The smallest absolute Gasteiger partial charge is 0.317 e. The van der Waals surface area contributed by atoms with E-state index < -0.39 is 5.82 Å². The zero-order valence-electron chi connectivity index (χ0n) is 19.5. The molecule has 1 aromatic carbocycles. The number of rotatable bonds is 9. The molecule has 2 aliphatic heterocycles.